The first-order chi connectivity index (χ1) is 6.76. The number of thiol groups is 1. The standard InChI is InChI=1S/C9H12N2O2S/c1-13-8-4-2-3-7(5-8)10-6-9(12)11-14/h2-5,10,14H,6H2,1H3,(H,11,12). The Morgan fingerprint density at radius 1 is 1.57 bits per heavy atom. The molecule has 0 saturated heterocycles. The van der Waals surface area contributed by atoms with Gasteiger partial charge in [-0.1, -0.05) is 18.9 Å². The largest absolute Gasteiger partial charge is 0.497 e. The summed E-state index contributed by atoms with van der Waals surface area (Å²) >= 11 is 3.64. The van der Waals surface area contributed by atoms with E-state index in [1.807, 2.05) is 24.3 Å². The summed E-state index contributed by atoms with van der Waals surface area (Å²) in [4.78, 5) is 10.9. The first kappa shape index (κ1) is 10.7. The number of hydrogen-bond acceptors (Lipinski definition) is 4. The molecule has 4 nitrogen and oxygen atoms in total. The van der Waals surface area contributed by atoms with Gasteiger partial charge in [0.1, 0.15) is 5.75 Å². The average molecular weight is 212 g/mol. The third kappa shape index (κ3) is 3.18. The molecule has 0 heterocycles. The van der Waals surface area contributed by atoms with E-state index < -0.39 is 0 Å². The van der Waals surface area contributed by atoms with Crippen molar-refractivity contribution in [1.82, 2.24) is 4.72 Å². The van der Waals surface area contributed by atoms with Crippen LogP contribution >= 0.6 is 12.8 Å². The molecule has 0 aromatic heterocycles. The zero-order chi connectivity index (χ0) is 10.4. The number of ether oxygens (including phenoxy) is 1. The van der Waals surface area contributed by atoms with Gasteiger partial charge >= 0.3 is 0 Å². The summed E-state index contributed by atoms with van der Waals surface area (Å²) in [5.41, 5.74) is 0.835. The number of rotatable bonds is 4. The highest BCUT2D eigenvalue weighted by Crippen LogP contribution is 2.16. The van der Waals surface area contributed by atoms with Gasteiger partial charge in [-0.25, -0.2) is 0 Å². The quantitative estimate of drug-likeness (QED) is 0.654. The first-order valence-corrected chi connectivity index (χ1v) is 4.52. The molecule has 1 rings (SSSR count). The zero-order valence-corrected chi connectivity index (χ0v) is 8.67. The Kier molecular flexibility index (Phi) is 4.12. The minimum atomic E-state index is -0.184. The first-order valence-electron chi connectivity index (χ1n) is 4.07. The van der Waals surface area contributed by atoms with E-state index in [9.17, 15) is 4.79 Å². The Morgan fingerprint density at radius 3 is 3.00 bits per heavy atom. The molecule has 0 atom stereocenters. The van der Waals surface area contributed by atoms with Crippen LogP contribution in [0.25, 0.3) is 0 Å². The van der Waals surface area contributed by atoms with Crippen molar-refractivity contribution in [3.8, 4) is 5.75 Å². The van der Waals surface area contributed by atoms with Crippen molar-refractivity contribution in [1.29, 1.82) is 0 Å². The molecule has 2 N–H and O–H groups in total. The van der Waals surface area contributed by atoms with Gasteiger partial charge < -0.3 is 14.8 Å². The Bertz CT molecular complexity index is 317. The van der Waals surface area contributed by atoms with Gasteiger partial charge in [-0.2, -0.15) is 0 Å². The molecule has 0 spiro atoms. The SMILES string of the molecule is COc1cccc(NCC(=O)NS)c1. The monoisotopic (exact) mass is 212 g/mol. The summed E-state index contributed by atoms with van der Waals surface area (Å²) < 4.78 is 7.26. The number of methoxy groups -OCH3 is 1. The van der Waals surface area contributed by atoms with E-state index in [2.05, 4.69) is 22.9 Å². The molecule has 1 aromatic rings. The minimum absolute atomic E-state index is 0.184. The lowest BCUT2D eigenvalue weighted by atomic mass is 10.3. The summed E-state index contributed by atoms with van der Waals surface area (Å²) in [6.07, 6.45) is 0. The van der Waals surface area contributed by atoms with E-state index in [1.54, 1.807) is 7.11 Å². The fourth-order valence-electron chi connectivity index (χ4n) is 0.955. The lowest BCUT2D eigenvalue weighted by Crippen LogP contribution is -2.22. The number of carbonyl (C=O) groups is 1. The molecular weight excluding hydrogens is 200 g/mol. The predicted octanol–water partition coefficient (Wildman–Crippen LogP) is 1.07. The Labute approximate surface area is 88.2 Å². The highest BCUT2D eigenvalue weighted by Gasteiger charge is 1.98. The maximum Gasteiger partial charge on any atom is 0.248 e. The summed E-state index contributed by atoms with van der Waals surface area (Å²) in [6, 6.07) is 7.35. The predicted molar refractivity (Wildman–Crippen MR) is 58.6 cm³/mol. The molecule has 0 saturated carbocycles. The van der Waals surface area contributed by atoms with Crippen LogP contribution in [0.4, 0.5) is 5.69 Å². The van der Waals surface area contributed by atoms with Crippen molar-refractivity contribution < 1.29 is 9.53 Å². The number of amides is 1. The molecular formula is C9H12N2O2S. The molecule has 0 aliphatic rings. The molecule has 1 aromatic carbocycles. The molecule has 0 aliphatic heterocycles. The lowest BCUT2D eigenvalue weighted by molar-refractivity contribution is -0.117. The molecule has 5 heteroatoms. The van der Waals surface area contributed by atoms with Crippen LogP contribution in [-0.4, -0.2) is 19.6 Å². The molecule has 0 bridgehead atoms. The molecule has 1 amide bonds. The molecule has 0 radical (unpaired) electrons. The smallest absolute Gasteiger partial charge is 0.248 e. The second-order valence-electron chi connectivity index (χ2n) is 2.62. The fourth-order valence-corrected chi connectivity index (χ4v) is 1.03. The maximum atomic E-state index is 10.9. The van der Waals surface area contributed by atoms with E-state index in [1.165, 1.54) is 0 Å². The van der Waals surface area contributed by atoms with Crippen molar-refractivity contribution in [3.05, 3.63) is 24.3 Å². The van der Waals surface area contributed by atoms with E-state index in [4.69, 9.17) is 4.74 Å². The highest BCUT2D eigenvalue weighted by atomic mass is 32.1. The number of anilines is 1. The van der Waals surface area contributed by atoms with Crippen LogP contribution in [0.1, 0.15) is 0 Å². The van der Waals surface area contributed by atoms with Crippen LogP contribution in [0.3, 0.4) is 0 Å². The Hall–Kier alpha value is -1.36. The Balaban J connectivity index is 2.54. The van der Waals surface area contributed by atoms with Gasteiger partial charge in [0.2, 0.25) is 5.91 Å². The highest BCUT2D eigenvalue weighted by molar-refractivity contribution is 7.78. The third-order valence-corrected chi connectivity index (χ3v) is 1.90. The van der Waals surface area contributed by atoms with Gasteiger partial charge in [-0.05, 0) is 12.1 Å². The van der Waals surface area contributed by atoms with Crippen LogP contribution in [0.5, 0.6) is 5.75 Å². The number of benzene rings is 1. The minimum Gasteiger partial charge on any atom is -0.497 e. The third-order valence-electron chi connectivity index (χ3n) is 1.65. The second kappa shape index (κ2) is 5.39. The molecule has 14 heavy (non-hydrogen) atoms. The maximum absolute atomic E-state index is 10.9. The zero-order valence-electron chi connectivity index (χ0n) is 7.78. The Morgan fingerprint density at radius 2 is 2.36 bits per heavy atom. The molecule has 76 valence electrons. The lowest BCUT2D eigenvalue weighted by Gasteiger charge is -2.06. The summed E-state index contributed by atoms with van der Waals surface area (Å²) in [7, 11) is 1.60. The molecule has 0 aliphatic carbocycles. The van der Waals surface area contributed by atoms with E-state index in [0.29, 0.717) is 0 Å². The molecule has 0 fully saturated rings. The van der Waals surface area contributed by atoms with Crippen LogP contribution in [0.2, 0.25) is 0 Å². The van der Waals surface area contributed by atoms with Gasteiger partial charge in [-0.15, -0.1) is 0 Å². The number of nitrogens with one attached hydrogen (secondary N) is 2. The second-order valence-corrected chi connectivity index (χ2v) is 2.84. The van der Waals surface area contributed by atoms with Gasteiger partial charge in [-0.3, -0.25) is 4.79 Å². The van der Waals surface area contributed by atoms with E-state index in [-0.39, 0.29) is 12.5 Å². The van der Waals surface area contributed by atoms with Crippen LogP contribution in [-0.2, 0) is 4.79 Å². The van der Waals surface area contributed by atoms with Gasteiger partial charge in [0.15, 0.2) is 0 Å². The number of hydrogen-bond donors (Lipinski definition) is 3. The van der Waals surface area contributed by atoms with Crippen molar-refractivity contribution >= 4 is 24.4 Å². The van der Waals surface area contributed by atoms with E-state index in [0.717, 1.165) is 11.4 Å². The summed E-state index contributed by atoms with van der Waals surface area (Å²) in [6.45, 7) is 0.191. The van der Waals surface area contributed by atoms with Crippen molar-refractivity contribution in [2.75, 3.05) is 19.0 Å². The van der Waals surface area contributed by atoms with Crippen molar-refractivity contribution in [3.63, 3.8) is 0 Å². The summed E-state index contributed by atoms with van der Waals surface area (Å²) in [5.74, 6) is 0.567. The molecule has 0 unspecified atom stereocenters. The van der Waals surface area contributed by atoms with Crippen LogP contribution in [0.15, 0.2) is 24.3 Å². The fraction of sp³-hybridized carbons (Fsp3) is 0.222. The average Bonchev–Trinajstić information content (AvgIpc) is 2.26. The number of carbonyl (C=O) groups excluding carboxylic acids is 1. The van der Waals surface area contributed by atoms with Crippen molar-refractivity contribution in [2.45, 2.75) is 0 Å². The topological polar surface area (TPSA) is 50.4 Å². The van der Waals surface area contributed by atoms with Gasteiger partial charge in [0.25, 0.3) is 0 Å². The normalized spacial score (nSPS) is 9.29. The van der Waals surface area contributed by atoms with E-state index >= 15 is 0 Å². The van der Waals surface area contributed by atoms with Gasteiger partial charge in [0.05, 0.1) is 13.7 Å². The van der Waals surface area contributed by atoms with Crippen molar-refractivity contribution in [2.24, 2.45) is 0 Å². The summed E-state index contributed by atoms with van der Waals surface area (Å²) in [5, 5.41) is 2.93. The van der Waals surface area contributed by atoms with Gasteiger partial charge in [0, 0.05) is 11.8 Å². The van der Waals surface area contributed by atoms with Crippen LogP contribution < -0.4 is 14.8 Å². The van der Waals surface area contributed by atoms with Crippen LogP contribution in [0, 0.1) is 0 Å².